The van der Waals surface area contributed by atoms with Gasteiger partial charge in [-0.15, -0.1) is 12.4 Å². The highest BCUT2D eigenvalue weighted by atomic mass is 35.5. The summed E-state index contributed by atoms with van der Waals surface area (Å²) in [6, 6.07) is 8.23. The van der Waals surface area contributed by atoms with E-state index in [1.807, 2.05) is 11.0 Å². The highest BCUT2D eigenvalue weighted by Crippen LogP contribution is 2.34. The van der Waals surface area contributed by atoms with Crippen LogP contribution in [-0.2, 0) is 4.79 Å². The molecule has 1 aromatic rings. The van der Waals surface area contributed by atoms with E-state index in [0.29, 0.717) is 0 Å². The number of nitrogens with two attached hydrogens (primary N) is 1. The molecule has 1 heterocycles. The molecular formula is C16H25ClN2O. The van der Waals surface area contributed by atoms with Gasteiger partial charge in [-0.2, -0.15) is 0 Å². The largest absolute Gasteiger partial charge is 0.334 e. The Bertz CT molecular complexity index is 450. The fourth-order valence-corrected chi connectivity index (χ4v) is 2.96. The first-order valence-corrected chi connectivity index (χ1v) is 7.26. The molecule has 112 valence electrons. The number of nitrogens with zero attached hydrogens (tertiary/aromatic N) is 1. The van der Waals surface area contributed by atoms with E-state index in [9.17, 15) is 4.79 Å². The molecule has 0 radical (unpaired) electrons. The van der Waals surface area contributed by atoms with Crippen molar-refractivity contribution in [2.24, 2.45) is 5.73 Å². The lowest BCUT2D eigenvalue weighted by Crippen LogP contribution is -2.43. The van der Waals surface area contributed by atoms with E-state index >= 15 is 0 Å². The fourth-order valence-electron chi connectivity index (χ4n) is 2.96. The number of halogens is 1. The van der Waals surface area contributed by atoms with Crippen LogP contribution in [0.15, 0.2) is 24.3 Å². The first-order chi connectivity index (χ1) is 9.15. The Labute approximate surface area is 127 Å². The van der Waals surface area contributed by atoms with Crippen LogP contribution in [0.4, 0.5) is 0 Å². The van der Waals surface area contributed by atoms with Gasteiger partial charge in [0.1, 0.15) is 0 Å². The molecule has 0 aromatic heterocycles. The summed E-state index contributed by atoms with van der Waals surface area (Å²) in [4.78, 5) is 14.4. The van der Waals surface area contributed by atoms with Crippen LogP contribution in [0.25, 0.3) is 0 Å². The number of carbonyl (C=O) groups is 1. The average Bonchev–Trinajstić information content (AvgIpc) is 2.87. The quantitative estimate of drug-likeness (QED) is 0.927. The number of aryl methyl sites for hydroxylation is 1. The molecule has 0 spiro atoms. The SMILES string of the molecule is CCCC(N)C(=O)N1CCCC1c1ccccc1C.Cl. The van der Waals surface area contributed by atoms with Crippen LogP contribution in [0, 0.1) is 6.92 Å². The van der Waals surface area contributed by atoms with Gasteiger partial charge in [0.2, 0.25) is 5.91 Å². The van der Waals surface area contributed by atoms with Gasteiger partial charge in [-0.25, -0.2) is 0 Å². The molecule has 2 unspecified atom stereocenters. The number of benzene rings is 1. The maximum atomic E-state index is 12.4. The molecule has 4 heteroatoms. The molecule has 2 atom stereocenters. The maximum absolute atomic E-state index is 12.4. The van der Waals surface area contributed by atoms with Crippen molar-refractivity contribution in [3.63, 3.8) is 0 Å². The molecule has 1 fully saturated rings. The van der Waals surface area contributed by atoms with Crippen LogP contribution in [0.2, 0.25) is 0 Å². The summed E-state index contributed by atoms with van der Waals surface area (Å²) in [7, 11) is 0. The van der Waals surface area contributed by atoms with Crippen molar-refractivity contribution < 1.29 is 4.79 Å². The van der Waals surface area contributed by atoms with Gasteiger partial charge in [-0.1, -0.05) is 37.6 Å². The van der Waals surface area contributed by atoms with Crippen LogP contribution in [0.1, 0.15) is 49.8 Å². The highest BCUT2D eigenvalue weighted by Gasteiger charge is 2.32. The number of hydrogen-bond donors (Lipinski definition) is 1. The van der Waals surface area contributed by atoms with Crippen molar-refractivity contribution in [3.05, 3.63) is 35.4 Å². The van der Waals surface area contributed by atoms with Gasteiger partial charge in [-0.3, -0.25) is 4.79 Å². The lowest BCUT2D eigenvalue weighted by atomic mass is 9.99. The van der Waals surface area contributed by atoms with Crippen molar-refractivity contribution >= 4 is 18.3 Å². The minimum absolute atomic E-state index is 0. The molecule has 3 nitrogen and oxygen atoms in total. The second-order valence-corrected chi connectivity index (χ2v) is 5.44. The molecule has 0 bridgehead atoms. The third-order valence-corrected chi connectivity index (χ3v) is 4.00. The van der Waals surface area contributed by atoms with Gasteiger partial charge < -0.3 is 10.6 Å². The number of rotatable bonds is 4. The first-order valence-electron chi connectivity index (χ1n) is 7.26. The normalized spacial score (nSPS) is 19.6. The van der Waals surface area contributed by atoms with Crippen LogP contribution >= 0.6 is 12.4 Å². The van der Waals surface area contributed by atoms with Gasteiger partial charge in [0.15, 0.2) is 0 Å². The number of carbonyl (C=O) groups excluding carboxylic acids is 1. The summed E-state index contributed by atoms with van der Waals surface area (Å²) in [5.41, 5.74) is 8.53. The van der Waals surface area contributed by atoms with Gasteiger partial charge in [0, 0.05) is 6.54 Å². The van der Waals surface area contributed by atoms with Crippen molar-refractivity contribution in [2.45, 2.75) is 51.6 Å². The summed E-state index contributed by atoms with van der Waals surface area (Å²) in [6.45, 7) is 5.02. The summed E-state index contributed by atoms with van der Waals surface area (Å²) in [5.74, 6) is 0.118. The maximum Gasteiger partial charge on any atom is 0.239 e. The minimum Gasteiger partial charge on any atom is -0.334 e. The Morgan fingerprint density at radius 3 is 2.80 bits per heavy atom. The second-order valence-electron chi connectivity index (χ2n) is 5.44. The Morgan fingerprint density at radius 2 is 2.15 bits per heavy atom. The molecule has 0 aliphatic carbocycles. The van der Waals surface area contributed by atoms with E-state index in [0.717, 1.165) is 32.2 Å². The average molecular weight is 297 g/mol. The predicted molar refractivity (Wildman–Crippen MR) is 85.0 cm³/mol. The zero-order chi connectivity index (χ0) is 13.8. The number of hydrogen-bond acceptors (Lipinski definition) is 2. The van der Waals surface area contributed by atoms with Gasteiger partial charge in [0.05, 0.1) is 12.1 Å². The zero-order valence-corrected chi connectivity index (χ0v) is 13.2. The fraction of sp³-hybridized carbons (Fsp3) is 0.562. The van der Waals surface area contributed by atoms with Crippen molar-refractivity contribution in [3.8, 4) is 0 Å². The molecule has 1 aliphatic rings. The standard InChI is InChI=1S/C16H24N2O.ClH/c1-3-7-14(17)16(19)18-11-6-10-15(18)13-9-5-4-8-12(13)2;/h4-5,8-9,14-15H,3,6-7,10-11,17H2,1-2H3;1H. The molecule has 1 amide bonds. The minimum atomic E-state index is -0.338. The van der Waals surface area contributed by atoms with E-state index < -0.39 is 0 Å². The molecule has 20 heavy (non-hydrogen) atoms. The van der Waals surface area contributed by atoms with Crippen molar-refractivity contribution in [2.75, 3.05) is 6.54 Å². The Hall–Kier alpha value is -1.06. The number of amides is 1. The van der Waals surface area contributed by atoms with E-state index in [1.165, 1.54) is 11.1 Å². The highest BCUT2D eigenvalue weighted by molar-refractivity contribution is 5.85. The monoisotopic (exact) mass is 296 g/mol. The lowest BCUT2D eigenvalue weighted by Gasteiger charge is -2.28. The molecular weight excluding hydrogens is 272 g/mol. The lowest BCUT2D eigenvalue weighted by molar-refractivity contribution is -0.133. The molecule has 2 rings (SSSR count). The molecule has 1 aliphatic heterocycles. The summed E-state index contributed by atoms with van der Waals surface area (Å²) >= 11 is 0. The van der Waals surface area contributed by atoms with Crippen LogP contribution in [-0.4, -0.2) is 23.4 Å². The van der Waals surface area contributed by atoms with E-state index in [1.54, 1.807) is 0 Å². The predicted octanol–water partition coefficient (Wildman–Crippen LogP) is 3.21. The first kappa shape index (κ1) is 17.0. The topological polar surface area (TPSA) is 46.3 Å². The van der Waals surface area contributed by atoms with E-state index in [4.69, 9.17) is 5.73 Å². The molecule has 1 aromatic carbocycles. The summed E-state index contributed by atoms with van der Waals surface area (Å²) < 4.78 is 0. The van der Waals surface area contributed by atoms with Gasteiger partial charge >= 0.3 is 0 Å². The molecule has 0 saturated carbocycles. The summed E-state index contributed by atoms with van der Waals surface area (Å²) in [5, 5.41) is 0. The smallest absolute Gasteiger partial charge is 0.239 e. The Balaban J connectivity index is 0.00000200. The molecule has 2 N–H and O–H groups in total. The summed E-state index contributed by atoms with van der Waals surface area (Å²) in [6.07, 6.45) is 3.85. The van der Waals surface area contributed by atoms with Crippen molar-refractivity contribution in [1.82, 2.24) is 4.90 Å². The zero-order valence-electron chi connectivity index (χ0n) is 12.3. The van der Waals surface area contributed by atoms with Crippen LogP contribution in [0.5, 0.6) is 0 Å². The van der Waals surface area contributed by atoms with Gasteiger partial charge in [0.25, 0.3) is 0 Å². The Kier molecular flexibility index (Phi) is 6.50. The molecule has 1 saturated heterocycles. The van der Waals surface area contributed by atoms with Crippen LogP contribution < -0.4 is 5.73 Å². The second kappa shape index (κ2) is 7.65. The van der Waals surface area contributed by atoms with Crippen LogP contribution in [0.3, 0.4) is 0 Å². The third kappa shape index (κ3) is 3.53. The van der Waals surface area contributed by atoms with Gasteiger partial charge in [-0.05, 0) is 37.3 Å². The van der Waals surface area contributed by atoms with E-state index in [2.05, 4.69) is 32.0 Å². The third-order valence-electron chi connectivity index (χ3n) is 4.00. The van der Waals surface area contributed by atoms with Crippen molar-refractivity contribution in [1.29, 1.82) is 0 Å². The van der Waals surface area contributed by atoms with E-state index in [-0.39, 0.29) is 30.4 Å². The number of likely N-dealkylation sites (tertiary alicyclic amines) is 1. The Morgan fingerprint density at radius 1 is 1.45 bits per heavy atom.